The fourth-order valence-electron chi connectivity index (χ4n) is 8.36. The highest BCUT2D eigenvalue weighted by molar-refractivity contribution is 6.25. The fourth-order valence-corrected chi connectivity index (χ4v) is 8.36. The molecule has 212 valence electrons. The first kappa shape index (κ1) is 24.2. The standard InChI is InChI=1S/C44H26N2/c1-2-12-31-27(9-1)19-26-40-42(31)36-14-4-6-18-39(36)45(40)29-20-22-30(23-21-29)46-38-17-5-3-13-32(38)35-25-24-34-33-15-7-10-28-11-8-16-37(41(28)33)43(34)44(35)46/h1-26H. The monoisotopic (exact) mass is 582 g/mol. The van der Waals surface area contributed by atoms with Crippen molar-refractivity contribution >= 4 is 65.2 Å². The van der Waals surface area contributed by atoms with Gasteiger partial charge in [0, 0.05) is 38.5 Å². The largest absolute Gasteiger partial charge is 0.309 e. The van der Waals surface area contributed by atoms with Crippen LogP contribution in [0.4, 0.5) is 0 Å². The number of hydrogen-bond acceptors (Lipinski definition) is 0. The fraction of sp³-hybridized carbons (Fsp3) is 0. The molecule has 0 aliphatic heterocycles. The van der Waals surface area contributed by atoms with E-state index in [-0.39, 0.29) is 0 Å². The predicted octanol–water partition coefficient (Wildman–Crippen LogP) is 11.8. The van der Waals surface area contributed by atoms with Crippen molar-refractivity contribution in [2.45, 2.75) is 0 Å². The second-order valence-corrected chi connectivity index (χ2v) is 12.5. The van der Waals surface area contributed by atoms with Crippen molar-refractivity contribution in [3.05, 3.63) is 158 Å². The Morgan fingerprint density at radius 2 is 0.935 bits per heavy atom. The highest BCUT2D eigenvalue weighted by Gasteiger charge is 2.26. The van der Waals surface area contributed by atoms with Crippen LogP contribution in [0.3, 0.4) is 0 Å². The smallest absolute Gasteiger partial charge is 0.0625 e. The van der Waals surface area contributed by atoms with Crippen molar-refractivity contribution in [2.75, 3.05) is 0 Å². The lowest BCUT2D eigenvalue weighted by molar-refractivity contribution is 1.15. The number of fused-ring (bicyclic) bond motifs is 12. The Bertz CT molecular complexity index is 2890. The van der Waals surface area contributed by atoms with Crippen molar-refractivity contribution in [2.24, 2.45) is 0 Å². The SMILES string of the molecule is c1cc2c3c(cccc3c1)-c1c-2ccc2c3ccccc3n(-c3ccc(-n4c5ccccc5c5c6ccccc6ccc54)cc3)c12. The molecule has 0 N–H and O–H groups in total. The van der Waals surface area contributed by atoms with Crippen LogP contribution in [0.15, 0.2) is 158 Å². The molecular formula is C44H26N2. The summed E-state index contributed by atoms with van der Waals surface area (Å²) in [5.41, 5.74) is 12.6. The first-order valence-corrected chi connectivity index (χ1v) is 16.0. The number of nitrogens with zero attached hydrogens (tertiary/aromatic N) is 2. The number of hydrogen-bond donors (Lipinski definition) is 0. The summed E-state index contributed by atoms with van der Waals surface area (Å²) in [6, 6.07) is 58.1. The van der Waals surface area contributed by atoms with Crippen LogP contribution in [0.1, 0.15) is 0 Å². The summed E-state index contributed by atoms with van der Waals surface area (Å²) in [4.78, 5) is 0. The van der Waals surface area contributed by atoms with E-state index in [4.69, 9.17) is 0 Å². The van der Waals surface area contributed by atoms with Crippen LogP contribution < -0.4 is 0 Å². The molecule has 1 aliphatic carbocycles. The van der Waals surface area contributed by atoms with Gasteiger partial charge in [0.2, 0.25) is 0 Å². The van der Waals surface area contributed by atoms with Crippen molar-refractivity contribution < 1.29 is 0 Å². The van der Waals surface area contributed by atoms with E-state index in [0.717, 1.165) is 11.4 Å². The highest BCUT2D eigenvalue weighted by Crippen LogP contribution is 2.52. The van der Waals surface area contributed by atoms with Crippen LogP contribution >= 0.6 is 0 Å². The number of rotatable bonds is 2. The van der Waals surface area contributed by atoms with Crippen molar-refractivity contribution in [3.8, 4) is 33.6 Å². The van der Waals surface area contributed by atoms with Crippen LogP contribution in [-0.4, -0.2) is 9.13 Å². The van der Waals surface area contributed by atoms with E-state index in [1.54, 1.807) is 0 Å². The number of aromatic nitrogens is 2. The van der Waals surface area contributed by atoms with Gasteiger partial charge in [0.1, 0.15) is 0 Å². The molecule has 0 atom stereocenters. The summed E-state index contributed by atoms with van der Waals surface area (Å²) >= 11 is 0. The summed E-state index contributed by atoms with van der Waals surface area (Å²) < 4.78 is 4.90. The zero-order valence-corrected chi connectivity index (χ0v) is 24.9. The van der Waals surface area contributed by atoms with Gasteiger partial charge in [-0.1, -0.05) is 115 Å². The molecule has 0 radical (unpaired) electrons. The molecule has 0 fully saturated rings. The van der Waals surface area contributed by atoms with Gasteiger partial charge in [-0.15, -0.1) is 0 Å². The summed E-state index contributed by atoms with van der Waals surface area (Å²) in [7, 11) is 0. The predicted molar refractivity (Wildman–Crippen MR) is 195 cm³/mol. The zero-order chi connectivity index (χ0) is 29.9. The Kier molecular flexibility index (Phi) is 4.61. The average Bonchev–Trinajstić information content (AvgIpc) is 3.76. The van der Waals surface area contributed by atoms with E-state index in [0.29, 0.717) is 0 Å². The van der Waals surface area contributed by atoms with Gasteiger partial charge in [-0.05, 0) is 80.7 Å². The summed E-state index contributed by atoms with van der Waals surface area (Å²) in [6.45, 7) is 0. The van der Waals surface area contributed by atoms with E-state index in [1.165, 1.54) is 87.4 Å². The van der Waals surface area contributed by atoms with Gasteiger partial charge in [-0.2, -0.15) is 0 Å². The van der Waals surface area contributed by atoms with Crippen LogP contribution in [0, 0.1) is 0 Å². The molecule has 0 saturated carbocycles. The topological polar surface area (TPSA) is 9.86 Å². The molecule has 2 aromatic heterocycles. The Morgan fingerprint density at radius 1 is 0.304 bits per heavy atom. The third kappa shape index (κ3) is 3.01. The lowest BCUT2D eigenvalue weighted by Gasteiger charge is -2.14. The Morgan fingerprint density at radius 3 is 1.74 bits per heavy atom. The Hall–Kier alpha value is -6.12. The maximum absolute atomic E-state index is 2.48. The first-order chi connectivity index (χ1) is 22.8. The first-order valence-electron chi connectivity index (χ1n) is 16.0. The molecule has 8 aromatic carbocycles. The van der Waals surface area contributed by atoms with Crippen molar-refractivity contribution in [3.63, 3.8) is 0 Å². The molecule has 46 heavy (non-hydrogen) atoms. The molecule has 0 spiro atoms. The van der Waals surface area contributed by atoms with E-state index in [9.17, 15) is 0 Å². The van der Waals surface area contributed by atoms with E-state index >= 15 is 0 Å². The molecule has 0 amide bonds. The van der Waals surface area contributed by atoms with Gasteiger partial charge < -0.3 is 9.13 Å². The summed E-state index contributed by atoms with van der Waals surface area (Å²) in [5, 5.41) is 10.4. The second kappa shape index (κ2) is 8.74. The van der Waals surface area contributed by atoms with Crippen LogP contribution in [0.5, 0.6) is 0 Å². The molecule has 1 aliphatic rings. The lowest BCUT2D eigenvalue weighted by atomic mass is 10.0. The second-order valence-electron chi connectivity index (χ2n) is 12.5. The van der Waals surface area contributed by atoms with Gasteiger partial charge in [0.15, 0.2) is 0 Å². The third-order valence-corrected chi connectivity index (χ3v) is 10.2. The Balaban J connectivity index is 1.18. The number of benzene rings is 8. The van der Waals surface area contributed by atoms with Crippen LogP contribution in [0.25, 0.3) is 98.8 Å². The van der Waals surface area contributed by atoms with E-state index < -0.39 is 0 Å². The number of para-hydroxylation sites is 2. The summed E-state index contributed by atoms with van der Waals surface area (Å²) in [5.74, 6) is 0. The minimum atomic E-state index is 1.16. The van der Waals surface area contributed by atoms with Gasteiger partial charge in [-0.3, -0.25) is 0 Å². The van der Waals surface area contributed by atoms with Crippen LogP contribution in [0.2, 0.25) is 0 Å². The quantitative estimate of drug-likeness (QED) is 0.192. The molecule has 0 bridgehead atoms. The molecule has 0 saturated heterocycles. The van der Waals surface area contributed by atoms with Crippen molar-refractivity contribution in [1.29, 1.82) is 0 Å². The van der Waals surface area contributed by atoms with Crippen LogP contribution in [-0.2, 0) is 0 Å². The molecule has 11 rings (SSSR count). The van der Waals surface area contributed by atoms with Gasteiger partial charge >= 0.3 is 0 Å². The molecule has 2 heteroatoms. The van der Waals surface area contributed by atoms with Gasteiger partial charge in [-0.25, -0.2) is 0 Å². The molecule has 10 aromatic rings. The lowest BCUT2D eigenvalue weighted by Crippen LogP contribution is -1.98. The molecule has 2 heterocycles. The van der Waals surface area contributed by atoms with E-state index in [2.05, 4.69) is 167 Å². The maximum Gasteiger partial charge on any atom is 0.0625 e. The third-order valence-electron chi connectivity index (χ3n) is 10.2. The van der Waals surface area contributed by atoms with Gasteiger partial charge in [0.25, 0.3) is 0 Å². The highest BCUT2D eigenvalue weighted by atomic mass is 15.0. The molecule has 2 nitrogen and oxygen atoms in total. The van der Waals surface area contributed by atoms with Crippen molar-refractivity contribution in [1.82, 2.24) is 9.13 Å². The van der Waals surface area contributed by atoms with E-state index in [1.807, 2.05) is 0 Å². The normalized spacial score (nSPS) is 12.3. The minimum Gasteiger partial charge on any atom is -0.309 e. The Labute approximate surface area is 265 Å². The molecular weight excluding hydrogens is 556 g/mol. The molecule has 0 unspecified atom stereocenters. The zero-order valence-electron chi connectivity index (χ0n) is 24.9. The maximum atomic E-state index is 2.48. The minimum absolute atomic E-state index is 1.16. The van der Waals surface area contributed by atoms with Gasteiger partial charge in [0.05, 0.1) is 22.1 Å². The average molecular weight is 583 g/mol. The summed E-state index contributed by atoms with van der Waals surface area (Å²) in [6.07, 6.45) is 0.